The third kappa shape index (κ3) is 4.87. The molecule has 43 heavy (non-hydrogen) atoms. The lowest BCUT2D eigenvalue weighted by atomic mass is 9.57. The third-order valence-corrected chi connectivity index (χ3v) is 8.75. The van der Waals surface area contributed by atoms with Crippen LogP contribution in [0.25, 0.3) is 5.76 Å². The molecule has 0 aliphatic heterocycles. The van der Waals surface area contributed by atoms with Gasteiger partial charge in [-0.05, 0) is 50.0 Å². The Labute approximate surface area is 250 Å². The Morgan fingerprint density at radius 3 is 2.30 bits per heavy atom. The van der Waals surface area contributed by atoms with Gasteiger partial charge in [0.2, 0.25) is 5.78 Å². The minimum absolute atomic E-state index is 0. The second-order valence-corrected chi connectivity index (χ2v) is 11.7. The van der Waals surface area contributed by atoms with E-state index in [4.69, 9.17) is 5.73 Å². The second kappa shape index (κ2) is 11.5. The molecule has 2 aromatic carbocycles. The molecule has 0 saturated heterocycles. The molecule has 0 radical (unpaired) electrons. The van der Waals surface area contributed by atoms with Gasteiger partial charge in [-0.3, -0.25) is 19.3 Å². The lowest BCUT2D eigenvalue weighted by molar-refractivity contribution is -0.153. The number of likely N-dealkylation sites (N-methyl/N-ethyl adjacent to an activating group) is 1. The Morgan fingerprint density at radius 1 is 1.07 bits per heavy atom. The molecule has 4 atom stereocenters. The molecule has 1 saturated carbocycles. The van der Waals surface area contributed by atoms with Gasteiger partial charge in [-0.15, -0.1) is 0 Å². The Hall–Kier alpha value is -4.19. The molecule has 5 rings (SSSR count). The normalized spacial score (nSPS) is 24.7. The monoisotopic (exact) mass is 592 g/mol. The summed E-state index contributed by atoms with van der Waals surface area (Å²) in [5, 5.41) is 49.1. The van der Waals surface area contributed by atoms with Crippen LogP contribution >= 0.6 is 0 Å². The molecule has 3 aliphatic carbocycles. The fourth-order valence-corrected chi connectivity index (χ4v) is 6.82. The minimum Gasteiger partial charge on any atom is -0.508 e. The fourth-order valence-electron chi connectivity index (χ4n) is 6.82. The van der Waals surface area contributed by atoms with Gasteiger partial charge >= 0.3 is 0 Å². The number of aromatic hydroxyl groups is 1. The molecular formula is C32H40N4O7. The lowest BCUT2D eigenvalue weighted by Crippen LogP contribution is -2.65. The van der Waals surface area contributed by atoms with Crippen LogP contribution in [0.2, 0.25) is 0 Å². The molecule has 0 heterocycles. The molecule has 0 bridgehead atoms. The van der Waals surface area contributed by atoms with Gasteiger partial charge in [0.15, 0.2) is 11.4 Å². The van der Waals surface area contributed by atoms with Crippen LogP contribution in [-0.4, -0.2) is 82.6 Å². The van der Waals surface area contributed by atoms with Crippen LogP contribution < -0.4 is 16.0 Å². The SMILES string of the molecule is C.CN(C)c1cc(CNCc2ccccc2)c(O)c2c1C[C@H]1C[C@H]3[C@H](N(C)C)C(=O)C(C(N)=O)=C(O)[C@@]3(O)C(=O)C1=C2O. The Balaban J connectivity index is 0.00000423. The maximum atomic E-state index is 14.1. The molecule has 0 aromatic heterocycles. The highest BCUT2D eigenvalue weighted by molar-refractivity contribution is 6.24. The molecule has 1 amide bonds. The third-order valence-electron chi connectivity index (χ3n) is 8.75. The van der Waals surface area contributed by atoms with E-state index in [1.807, 2.05) is 55.4 Å². The molecule has 1 fully saturated rings. The number of anilines is 1. The summed E-state index contributed by atoms with van der Waals surface area (Å²) in [5.41, 5.74) is 4.71. The van der Waals surface area contributed by atoms with Crippen LogP contribution in [0.5, 0.6) is 5.75 Å². The summed E-state index contributed by atoms with van der Waals surface area (Å²) in [7, 11) is 6.82. The van der Waals surface area contributed by atoms with E-state index in [9.17, 15) is 34.8 Å². The summed E-state index contributed by atoms with van der Waals surface area (Å²) in [5.74, 6) is -6.63. The second-order valence-electron chi connectivity index (χ2n) is 11.7. The van der Waals surface area contributed by atoms with Crippen molar-refractivity contribution < 1.29 is 34.8 Å². The van der Waals surface area contributed by atoms with Crippen LogP contribution in [0.15, 0.2) is 53.3 Å². The predicted molar refractivity (Wildman–Crippen MR) is 162 cm³/mol. The van der Waals surface area contributed by atoms with Gasteiger partial charge in [-0.1, -0.05) is 37.8 Å². The Morgan fingerprint density at radius 2 is 1.72 bits per heavy atom. The minimum atomic E-state index is -2.67. The maximum absolute atomic E-state index is 14.1. The zero-order chi connectivity index (χ0) is 30.7. The molecule has 0 spiro atoms. The molecule has 7 N–H and O–H groups in total. The topological polar surface area (TPSA) is 177 Å². The summed E-state index contributed by atoms with van der Waals surface area (Å²) < 4.78 is 0. The number of primary amides is 1. The largest absolute Gasteiger partial charge is 0.508 e. The van der Waals surface area contributed by atoms with E-state index in [1.54, 1.807) is 14.1 Å². The first-order valence-corrected chi connectivity index (χ1v) is 13.7. The Kier molecular flexibility index (Phi) is 8.47. The number of ketones is 2. The van der Waals surface area contributed by atoms with Crippen LogP contribution in [0.1, 0.15) is 36.1 Å². The first kappa shape index (κ1) is 31.7. The first-order chi connectivity index (χ1) is 19.8. The number of rotatable bonds is 7. The number of nitrogens with zero attached hydrogens (tertiary/aromatic N) is 2. The van der Waals surface area contributed by atoms with Crippen molar-refractivity contribution in [1.29, 1.82) is 0 Å². The molecule has 0 unspecified atom stereocenters. The molecule has 2 aromatic rings. The van der Waals surface area contributed by atoms with Crippen molar-refractivity contribution in [3.05, 3.63) is 75.6 Å². The molecule has 230 valence electrons. The number of nitrogens with one attached hydrogen (secondary N) is 1. The number of aliphatic hydroxyl groups excluding tert-OH is 2. The highest BCUT2D eigenvalue weighted by Crippen LogP contribution is 2.54. The quantitative estimate of drug-likeness (QED) is 0.261. The highest BCUT2D eigenvalue weighted by atomic mass is 16.3. The van der Waals surface area contributed by atoms with E-state index in [2.05, 4.69) is 5.32 Å². The zero-order valence-electron chi connectivity index (χ0n) is 24.0. The summed E-state index contributed by atoms with van der Waals surface area (Å²) in [6, 6.07) is 10.4. The van der Waals surface area contributed by atoms with Crippen molar-refractivity contribution in [3.63, 3.8) is 0 Å². The van der Waals surface area contributed by atoms with Gasteiger partial charge in [0.1, 0.15) is 22.8 Å². The van der Waals surface area contributed by atoms with Crippen molar-refractivity contribution in [3.8, 4) is 5.75 Å². The van der Waals surface area contributed by atoms with E-state index in [0.29, 0.717) is 17.7 Å². The summed E-state index contributed by atoms with van der Waals surface area (Å²) in [6.07, 6.45) is 0.271. The molecule has 11 nitrogen and oxygen atoms in total. The zero-order valence-corrected chi connectivity index (χ0v) is 24.0. The highest BCUT2D eigenvalue weighted by Gasteiger charge is 2.64. The van der Waals surface area contributed by atoms with Crippen LogP contribution in [0, 0.1) is 11.8 Å². The number of amides is 1. The van der Waals surface area contributed by atoms with Gasteiger partial charge in [0.05, 0.1) is 11.6 Å². The number of carbonyl (C=O) groups excluding carboxylic acids is 3. The summed E-state index contributed by atoms with van der Waals surface area (Å²) >= 11 is 0. The van der Waals surface area contributed by atoms with Crippen LogP contribution in [0.4, 0.5) is 5.69 Å². The first-order valence-electron chi connectivity index (χ1n) is 13.7. The van der Waals surface area contributed by atoms with Crippen molar-refractivity contribution in [2.75, 3.05) is 33.1 Å². The van der Waals surface area contributed by atoms with Gasteiger partial charge < -0.3 is 36.4 Å². The molecule has 3 aliphatic rings. The number of benzene rings is 2. The fraction of sp³-hybridized carbons (Fsp3) is 0.406. The summed E-state index contributed by atoms with van der Waals surface area (Å²) in [4.78, 5) is 42.9. The number of carbonyl (C=O) groups is 3. The summed E-state index contributed by atoms with van der Waals surface area (Å²) in [6.45, 7) is 0.801. The average Bonchev–Trinajstić information content (AvgIpc) is 2.92. The van der Waals surface area contributed by atoms with E-state index >= 15 is 0 Å². The standard InChI is InChI=1S/C31H36N4O7.CH4/c1-34(2)20-12-17(14-33-13-15-8-6-5-7-9-15)25(36)22-18(20)10-16-11-19-24(35(3)4)27(38)23(30(32)41)29(40)31(19,42)28(39)21(16)26(22)37;/h5-9,12,16,19,24,33,36-37,40,42H,10-11,13-14H2,1-4H3,(H2,32,41);1H4/t16-,19-,24-,31-;/m0./s1. The van der Waals surface area contributed by atoms with Gasteiger partial charge in [-0.25, -0.2) is 0 Å². The molecular weight excluding hydrogens is 552 g/mol. The average molecular weight is 593 g/mol. The number of hydrogen-bond acceptors (Lipinski definition) is 10. The Bertz CT molecular complexity index is 1550. The van der Waals surface area contributed by atoms with E-state index in [1.165, 1.54) is 4.90 Å². The number of hydrogen-bond donors (Lipinski definition) is 6. The number of phenolic OH excluding ortho intramolecular Hbond substituents is 1. The lowest BCUT2D eigenvalue weighted by Gasteiger charge is -2.50. The number of aliphatic hydroxyl groups is 3. The number of phenols is 1. The van der Waals surface area contributed by atoms with Gasteiger partial charge in [0.25, 0.3) is 5.91 Å². The number of Topliss-reactive ketones (excluding diaryl/α,β-unsaturated/α-hetero) is 2. The maximum Gasteiger partial charge on any atom is 0.255 e. The van der Waals surface area contributed by atoms with E-state index in [0.717, 1.165) is 11.3 Å². The predicted octanol–water partition coefficient (Wildman–Crippen LogP) is 1.96. The van der Waals surface area contributed by atoms with E-state index < -0.39 is 58.0 Å². The van der Waals surface area contributed by atoms with Crippen LogP contribution in [-0.2, 0) is 33.9 Å². The number of nitrogens with two attached hydrogens (primary N) is 1. The smallest absolute Gasteiger partial charge is 0.255 e. The van der Waals surface area contributed by atoms with E-state index in [-0.39, 0.29) is 43.7 Å². The van der Waals surface area contributed by atoms with Crippen LogP contribution in [0.3, 0.4) is 0 Å². The van der Waals surface area contributed by atoms with Gasteiger partial charge in [0, 0.05) is 49.9 Å². The molecule has 11 heteroatoms. The van der Waals surface area contributed by atoms with Crippen molar-refractivity contribution in [2.24, 2.45) is 17.6 Å². The van der Waals surface area contributed by atoms with Gasteiger partial charge in [-0.2, -0.15) is 0 Å². The van der Waals surface area contributed by atoms with Crippen molar-refractivity contribution in [2.45, 2.75) is 45.0 Å². The van der Waals surface area contributed by atoms with Crippen molar-refractivity contribution >= 4 is 28.9 Å². The van der Waals surface area contributed by atoms with Crippen molar-refractivity contribution in [1.82, 2.24) is 10.2 Å². The number of fused-ring (bicyclic) bond motifs is 3.